The van der Waals surface area contributed by atoms with E-state index in [4.69, 9.17) is 4.74 Å². The van der Waals surface area contributed by atoms with Gasteiger partial charge in [-0.05, 0) is 49.3 Å². The Balaban J connectivity index is 1.51. The van der Waals surface area contributed by atoms with Crippen LogP contribution in [0.2, 0.25) is 0 Å². The van der Waals surface area contributed by atoms with Crippen LogP contribution >= 0.6 is 0 Å². The van der Waals surface area contributed by atoms with Crippen molar-refractivity contribution in [1.29, 1.82) is 0 Å². The van der Waals surface area contributed by atoms with E-state index in [1.54, 1.807) is 0 Å². The number of piperidine rings is 1. The van der Waals surface area contributed by atoms with E-state index in [1.807, 2.05) is 44.2 Å². The van der Waals surface area contributed by atoms with E-state index in [9.17, 15) is 18.3 Å². The number of ether oxygens (including phenoxy) is 1. The number of aliphatic hydroxyl groups excluding tert-OH is 1. The highest BCUT2D eigenvalue weighted by Crippen LogP contribution is 2.31. The molecule has 208 valence electrons. The molecular weight excluding hydrogens is 506 g/mol. The third-order valence-electron chi connectivity index (χ3n) is 7.24. The molecule has 2 bridgehead atoms. The first-order valence-corrected chi connectivity index (χ1v) is 14.6. The summed E-state index contributed by atoms with van der Waals surface area (Å²) in [4.78, 5) is 17.1. The molecule has 0 spiro atoms. The summed E-state index contributed by atoms with van der Waals surface area (Å²) >= 11 is 0. The summed E-state index contributed by atoms with van der Waals surface area (Å²) in [7, 11) is -2.50. The van der Waals surface area contributed by atoms with Crippen LogP contribution in [-0.2, 0) is 16.4 Å². The fraction of sp³-hybridized carbons (Fsp3) is 0.556. The molecule has 1 aromatic heterocycles. The van der Waals surface area contributed by atoms with Gasteiger partial charge in [-0.25, -0.2) is 18.2 Å². The van der Waals surface area contributed by atoms with Crippen LogP contribution in [0.5, 0.6) is 5.88 Å². The minimum absolute atomic E-state index is 0.0114. The summed E-state index contributed by atoms with van der Waals surface area (Å²) in [5.41, 5.74) is 0.927. The van der Waals surface area contributed by atoms with E-state index in [0.717, 1.165) is 24.9 Å². The normalized spacial score (nSPS) is 22.4. The van der Waals surface area contributed by atoms with Crippen molar-refractivity contribution in [3.8, 4) is 5.88 Å². The van der Waals surface area contributed by atoms with E-state index < -0.39 is 22.2 Å². The van der Waals surface area contributed by atoms with E-state index >= 15 is 0 Å². The molecule has 0 radical (unpaired) electrons. The van der Waals surface area contributed by atoms with Crippen LogP contribution in [-0.4, -0.2) is 79.8 Å². The quantitative estimate of drug-likeness (QED) is 0.319. The molecule has 11 heteroatoms. The van der Waals surface area contributed by atoms with Gasteiger partial charge in [0.05, 0.1) is 25.5 Å². The van der Waals surface area contributed by atoms with Gasteiger partial charge < -0.3 is 25.8 Å². The first-order valence-electron chi connectivity index (χ1n) is 13.2. The average molecular weight is 546 g/mol. The molecule has 2 amide bonds. The van der Waals surface area contributed by atoms with Gasteiger partial charge in [-0.1, -0.05) is 44.2 Å². The minimum Gasteiger partial charge on any atom is -0.481 e. The fourth-order valence-electron chi connectivity index (χ4n) is 5.35. The Morgan fingerprint density at radius 3 is 2.53 bits per heavy atom. The fourth-order valence-corrected chi connectivity index (χ4v) is 6.91. The first-order chi connectivity index (χ1) is 18.2. The van der Waals surface area contributed by atoms with Crippen molar-refractivity contribution < 1.29 is 23.1 Å². The van der Waals surface area contributed by atoms with Gasteiger partial charge in [0.25, 0.3) is 0 Å². The number of hydrogen-bond donors (Lipinski definition) is 4. The van der Waals surface area contributed by atoms with Gasteiger partial charge in [-0.15, -0.1) is 0 Å². The monoisotopic (exact) mass is 545 g/mol. The second-order valence-electron chi connectivity index (χ2n) is 10.7. The minimum atomic E-state index is -3.96. The zero-order chi connectivity index (χ0) is 27.3. The highest BCUT2D eigenvalue weighted by molar-refractivity contribution is 7.89. The third-order valence-corrected chi connectivity index (χ3v) is 9.06. The Kier molecular flexibility index (Phi) is 9.24. The zero-order valence-corrected chi connectivity index (χ0v) is 23.0. The number of methoxy groups -OCH3 is 1. The van der Waals surface area contributed by atoms with Gasteiger partial charge in [-0.2, -0.15) is 4.31 Å². The number of fused-ring (bicyclic) bond motifs is 2. The number of hydrogen-bond acceptors (Lipinski definition) is 7. The van der Waals surface area contributed by atoms with E-state index in [-0.39, 0.29) is 42.0 Å². The SMILES string of the molecule is COc1ccc(S(=O)(=O)N(CC(C)C)C[C@@H](O)[C@H](Cc2ccccc2)NC(=O)N[C@@H]2C[C@@H]3CN[C@H]2C3)cn1. The molecule has 2 heterocycles. The molecular formula is C27H39N5O5S. The Hall–Kier alpha value is -2.73. The number of benzene rings is 1. The number of sulfonamides is 1. The van der Waals surface area contributed by atoms with Crippen LogP contribution in [0, 0.1) is 11.8 Å². The molecule has 38 heavy (non-hydrogen) atoms. The molecule has 4 N–H and O–H groups in total. The van der Waals surface area contributed by atoms with Crippen LogP contribution in [0.25, 0.3) is 0 Å². The second-order valence-corrected chi connectivity index (χ2v) is 12.6. The number of carbonyl (C=O) groups excluding carboxylic acids is 1. The summed E-state index contributed by atoms with van der Waals surface area (Å²) in [6.45, 7) is 4.84. The predicted molar refractivity (Wildman–Crippen MR) is 144 cm³/mol. The number of aliphatic hydroxyl groups is 1. The van der Waals surface area contributed by atoms with Gasteiger partial charge >= 0.3 is 6.03 Å². The molecule has 5 atom stereocenters. The summed E-state index contributed by atoms with van der Waals surface area (Å²) in [6.07, 6.45) is 2.45. The number of carbonyl (C=O) groups is 1. The van der Waals surface area contributed by atoms with Crippen molar-refractivity contribution >= 4 is 16.1 Å². The van der Waals surface area contributed by atoms with Gasteiger partial charge in [-0.3, -0.25) is 0 Å². The number of pyridine rings is 1. The van der Waals surface area contributed by atoms with E-state index in [2.05, 4.69) is 20.9 Å². The first kappa shape index (κ1) is 28.3. The highest BCUT2D eigenvalue weighted by atomic mass is 32.2. The Morgan fingerprint density at radius 2 is 1.95 bits per heavy atom. The summed E-state index contributed by atoms with van der Waals surface area (Å²) in [6, 6.07) is 11.7. The smallest absolute Gasteiger partial charge is 0.315 e. The van der Waals surface area contributed by atoms with Gasteiger partial charge in [0, 0.05) is 31.2 Å². The van der Waals surface area contributed by atoms with Crippen molar-refractivity contribution in [1.82, 2.24) is 25.2 Å². The van der Waals surface area contributed by atoms with Crippen LogP contribution in [0.15, 0.2) is 53.6 Å². The molecule has 1 saturated heterocycles. The number of nitrogens with one attached hydrogen (secondary N) is 3. The van der Waals surface area contributed by atoms with Crippen LogP contribution in [0.4, 0.5) is 4.79 Å². The van der Waals surface area contributed by atoms with Crippen molar-refractivity contribution in [2.24, 2.45) is 11.8 Å². The number of urea groups is 1. The molecule has 1 saturated carbocycles. The lowest BCUT2D eigenvalue weighted by molar-refractivity contribution is 0.103. The second kappa shape index (κ2) is 12.4. The zero-order valence-electron chi connectivity index (χ0n) is 22.2. The largest absolute Gasteiger partial charge is 0.481 e. The van der Waals surface area contributed by atoms with Crippen molar-refractivity contribution in [3.63, 3.8) is 0 Å². The average Bonchev–Trinajstić information content (AvgIpc) is 3.51. The van der Waals surface area contributed by atoms with Gasteiger partial charge in [0.15, 0.2) is 0 Å². The van der Waals surface area contributed by atoms with Crippen molar-refractivity contribution in [2.45, 2.75) is 62.2 Å². The van der Waals surface area contributed by atoms with E-state index in [0.29, 0.717) is 18.2 Å². The molecule has 4 rings (SSSR count). The maximum atomic E-state index is 13.5. The van der Waals surface area contributed by atoms with Crippen molar-refractivity contribution in [2.75, 3.05) is 26.7 Å². The molecule has 2 aliphatic rings. The number of nitrogens with zero attached hydrogens (tertiary/aromatic N) is 2. The lowest BCUT2D eigenvalue weighted by Gasteiger charge is -2.31. The number of amides is 2. The number of aromatic nitrogens is 1. The lowest BCUT2D eigenvalue weighted by atomic mass is 10.0. The molecule has 1 aliphatic carbocycles. The molecule has 0 unspecified atom stereocenters. The topological polar surface area (TPSA) is 133 Å². The third kappa shape index (κ3) is 7.02. The predicted octanol–water partition coefficient (Wildman–Crippen LogP) is 1.76. The van der Waals surface area contributed by atoms with Crippen molar-refractivity contribution in [3.05, 3.63) is 54.2 Å². The van der Waals surface area contributed by atoms with Crippen LogP contribution in [0.3, 0.4) is 0 Å². The van der Waals surface area contributed by atoms with Crippen LogP contribution < -0.4 is 20.7 Å². The highest BCUT2D eigenvalue weighted by Gasteiger charge is 2.40. The molecule has 1 aliphatic heterocycles. The Bertz CT molecular complexity index is 1160. The number of rotatable bonds is 12. The summed E-state index contributed by atoms with van der Waals surface area (Å²) in [5, 5.41) is 20.8. The Morgan fingerprint density at radius 1 is 1.18 bits per heavy atom. The molecule has 2 fully saturated rings. The van der Waals surface area contributed by atoms with E-state index in [1.165, 1.54) is 29.7 Å². The maximum absolute atomic E-state index is 13.5. The lowest BCUT2D eigenvalue weighted by Crippen LogP contribution is -2.56. The summed E-state index contributed by atoms with van der Waals surface area (Å²) in [5.74, 6) is 0.902. The van der Waals surface area contributed by atoms with Gasteiger partial charge in [0.1, 0.15) is 4.90 Å². The molecule has 2 aromatic rings. The maximum Gasteiger partial charge on any atom is 0.315 e. The van der Waals surface area contributed by atoms with Gasteiger partial charge in [0.2, 0.25) is 15.9 Å². The molecule has 10 nitrogen and oxygen atoms in total. The Labute approximate surface area is 225 Å². The summed E-state index contributed by atoms with van der Waals surface area (Å²) < 4.78 is 33.4. The van der Waals surface area contributed by atoms with Crippen LogP contribution in [0.1, 0.15) is 32.3 Å². The molecule has 1 aromatic carbocycles. The standard InChI is InChI=1S/C27H39N5O5S/c1-18(2)16-32(38(35,36)21-9-10-26(37-3)29-15-21)17-25(33)24(11-19-7-5-4-6-8-19)31-27(34)30-23-13-20-12-22(23)28-14-20/h4-10,15,18,20,22-25,28,33H,11-14,16-17H2,1-3H3,(H2,30,31,34)/t20-,22+,23-,24+,25-/m1/s1.